The zero-order chi connectivity index (χ0) is 11.5. The van der Waals surface area contributed by atoms with Crippen LogP contribution in [-0.4, -0.2) is 26.4 Å². The van der Waals surface area contributed by atoms with Gasteiger partial charge in [-0.3, -0.25) is 9.35 Å². The van der Waals surface area contributed by atoms with Crippen LogP contribution in [0.3, 0.4) is 0 Å². The average molecular weight is 229 g/mol. The van der Waals surface area contributed by atoms with Gasteiger partial charge in [0.1, 0.15) is 5.75 Å². The summed E-state index contributed by atoms with van der Waals surface area (Å²) in [5.74, 6) is 0.527. The molecule has 0 spiro atoms. The van der Waals surface area contributed by atoms with Crippen LogP contribution < -0.4 is 4.74 Å². The first-order valence-electron chi connectivity index (χ1n) is 3.97. The van der Waals surface area contributed by atoms with E-state index in [1.807, 2.05) is 0 Å². The molecule has 0 amide bonds. The van der Waals surface area contributed by atoms with Crippen LogP contribution in [0.5, 0.6) is 5.75 Å². The van der Waals surface area contributed by atoms with Gasteiger partial charge in [0.25, 0.3) is 10.1 Å². The number of methoxy groups -OCH3 is 1. The van der Waals surface area contributed by atoms with E-state index in [1.54, 1.807) is 0 Å². The van der Waals surface area contributed by atoms with Crippen LogP contribution >= 0.6 is 0 Å². The molecule has 1 atom stereocenters. The van der Waals surface area contributed by atoms with E-state index in [-0.39, 0.29) is 5.56 Å². The van der Waals surface area contributed by atoms with E-state index < -0.39 is 15.4 Å². The molecule has 1 unspecified atom stereocenters. The molecular formula is C9H9O5S. The minimum absolute atomic E-state index is 0.147. The van der Waals surface area contributed by atoms with E-state index >= 15 is 0 Å². The predicted molar refractivity (Wildman–Crippen MR) is 53.0 cm³/mol. The van der Waals surface area contributed by atoms with Gasteiger partial charge in [0.05, 0.1) is 7.11 Å². The van der Waals surface area contributed by atoms with Crippen LogP contribution in [0.2, 0.25) is 0 Å². The summed E-state index contributed by atoms with van der Waals surface area (Å²) < 4.78 is 35.2. The van der Waals surface area contributed by atoms with Crippen LogP contribution in [0.15, 0.2) is 24.3 Å². The number of hydrogen-bond donors (Lipinski definition) is 1. The Morgan fingerprint density at radius 1 is 1.33 bits per heavy atom. The number of benzene rings is 1. The fourth-order valence-corrected chi connectivity index (χ4v) is 1.70. The van der Waals surface area contributed by atoms with Crippen LogP contribution in [-0.2, 0) is 14.9 Å². The molecular weight excluding hydrogens is 220 g/mol. The van der Waals surface area contributed by atoms with Crippen molar-refractivity contribution in [3.63, 3.8) is 0 Å². The Morgan fingerprint density at radius 2 is 1.87 bits per heavy atom. The minimum atomic E-state index is -4.45. The van der Waals surface area contributed by atoms with Crippen LogP contribution in [0.1, 0.15) is 10.8 Å². The first kappa shape index (κ1) is 11.7. The summed E-state index contributed by atoms with van der Waals surface area (Å²) in [5, 5.41) is -1.66. The largest absolute Gasteiger partial charge is 0.497 e. The normalized spacial score (nSPS) is 13.2. The van der Waals surface area contributed by atoms with Crippen LogP contribution in [0.4, 0.5) is 0 Å². The van der Waals surface area contributed by atoms with Gasteiger partial charge in [-0.2, -0.15) is 8.42 Å². The highest BCUT2D eigenvalue weighted by atomic mass is 32.2. The molecule has 0 saturated heterocycles. The van der Waals surface area contributed by atoms with Crippen LogP contribution in [0, 0.1) is 0 Å². The second-order valence-electron chi connectivity index (χ2n) is 2.79. The predicted octanol–water partition coefficient (Wildman–Crippen LogP) is 0.734. The first-order chi connectivity index (χ1) is 6.99. The summed E-state index contributed by atoms with van der Waals surface area (Å²) >= 11 is 0. The van der Waals surface area contributed by atoms with Gasteiger partial charge in [-0.05, 0) is 17.7 Å². The van der Waals surface area contributed by atoms with Gasteiger partial charge in [-0.25, -0.2) is 0 Å². The summed E-state index contributed by atoms with van der Waals surface area (Å²) in [4.78, 5) is 10.4. The maximum absolute atomic E-state index is 10.8. The van der Waals surface area contributed by atoms with Crippen LogP contribution in [0.25, 0.3) is 0 Å². The third-order valence-corrected chi connectivity index (χ3v) is 2.79. The van der Waals surface area contributed by atoms with Crippen molar-refractivity contribution >= 4 is 16.4 Å². The van der Waals surface area contributed by atoms with Crippen molar-refractivity contribution in [3.8, 4) is 5.75 Å². The highest BCUT2D eigenvalue weighted by Gasteiger charge is 2.25. The standard InChI is InChI=1S/C9H9O5S/c1-14-8-4-2-7(3-5-8)9(6-10)15(11,12)13/h2-5,9H,1H3,(H,11,12,13). The van der Waals surface area contributed by atoms with Crippen molar-refractivity contribution in [1.82, 2.24) is 0 Å². The van der Waals surface area contributed by atoms with E-state index in [2.05, 4.69) is 0 Å². The fraction of sp³-hybridized carbons (Fsp3) is 0.222. The molecule has 1 rings (SSSR count). The van der Waals surface area contributed by atoms with Gasteiger partial charge in [-0.1, -0.05) is 12.1 Å². The maximum atomic E-state index is 10.8. The van der Waals surface area contributed by atoms with Crippen molar-refractivity contribution in [2.45, 2.75) is 5.25 Å². The van der Waals surface area contributed by atoms with Gasteiger partial charge in [0, 0.05) is 0 Å². The maximum Gasteiger partial charge on any atom is 0.279 e. The lowest BCUT2D eigenvalue weighted by Crippen LogP contribution is -2.13. The minimum Gasteiger partial charge on any atom is -0.497 e. The molecule has 81 valence electrons. The lowest BCUT2D eigenvalue weighted by molar-refractivity contribution is 0.414. The summed E-state index contributed by atoms with van der Waals surface area (Å²) in [7, 11) is -2.99. The van der Waals surface area contributed by atoms with E-state index in [0.717, 1.165) is 0 Å². The third kappa shape index (κ3) is 2.77. The molecule has 0 aliphatic rings. The molecule has 0 aliphatic heterocycles. The van der Waals surface area contributed by atoms with Gasteiger partial charge < -0.3 is 4.74 Å². The van der Waals surface area contributed by atoms with Gasteiger partial charge >= 0.3 is 0 Å². The lowest BCUT2D eigenvalue weighted by Gasteiger charge is -2.06. The van der Waals surface area contributed by atoms with E-state index in [1.165, 1.54) is 37.7 Å². The Hall–Kier alpha value is -1.40. The summed E-state index contributed by atoms with van der Waals surface area (Å²) in [6.45, 7) is 0. The topological polar surface area (TPSA) is 80.7 Å². The van der Waals surface area contributed by atoms with Crippen molar-refractivity contribution in [2.24, 2.45) is 0 Å². The highest BCUT2D eigenvalue weighted by Crippen LogP contribution is 2.21. The zero-order valence-electron chi connectivity index (χ0n) is 7.88. The number of carbonyl (C=O) groups excluding carboxylic acids is 1. The molecule has 0 heterocycles. The molecule has 1 aromatic rings. The highest BCUT2D eigenvalue weighted by molar-refractivity contribution is 7.86. The molecule has 15 heavy (non-hydrogen) atoms. The second-order valence-corrected chi connectivity index (χ2v) is 4.29. The third-order valence-electron chi connectivity index (χ3n) is 1.82. The van der Waals surface area contributed by atoms with Crippen molar-refractivity contribution in [3.05, 3.63) is 29.8 Å². The molecule has 1 radical (unpaired) electrons. The van der Waals surface area contributed by atoms with Crippen molar-refractivity contribution in [2.75, 3.05) is 7.11 Å². The van der Waals surface area contributed by atoms with Crippen molar-refractivity contribution < 1.29 is 22.5 Å². The lowest BCUT2D eigenvalue weighted by atomic mass is 10.1. The Bertz CT molecular complexity index is 434. The van der Waals surface area contributed by atoms with E-state index in [0.29, 0.717) is 5.75 Å². The molecule has 0 fully saturated rings. The fourth-order valence-electron chi connectivity index (χ4n) is 1.08. The molecule has 5 nitrogen and oxygen atoms in total. The summed E-state index contributed by atoms with van der Waals surface area (Å²) in [6, 6.07) is 5.74. The Kier molecular flexibility index (Phi) is 3.43. The van der Waals surface area contributed by atoms with Gasteiger partial charge in [-0.15, -0.1) is 0 Å². The van der Waals surface area contributed by atoms with Crippen molar-refractivity contribution in [1.29, 1.82) is 0 Å². The van der Waals surface area contributed by atoms with E-state index in [4.69, 9.17) is 9.29 Å². The zero-order valence-corrected chi connectivity index (χ0v) is 8.69. The quantitative estimate of drug-likeness (QED) is 0.770. The monoisotopic (exact) mass is 229 g/mol. The first-order valence-corrected chi connectivity index (χ1v) is 5.47. The number of rotatable bonds is 4. The Balaban J connectivity index is 3.09. The molecule has 0 aliphatic carbocycles. The SMILES string of the molecule is COc1ccc(C([C]=O)S(=O)(=O)O)cc1. The Morgan fingerprint density at radius 3 is 2.20 bits per heavy atom. The summed E-state index contributed by atoms with van der Waals surface area (Å²) in [6.07, 6.45) is 1.27. The average Bonchev–Trinajstić information content (AvgIpc) is 2.18. The molecule has 0 saturated carbocycles. The smallest absolute Gasteiger partial charge is 0.279 e. The Labute approximate surface area is 87.4 Å². The molecule has 1 aromatic carbocycles. The summed E-state index contributed by atoms with van der Waals surface area (Å²) in [5.41, 5.74) is 0.147. The number of ether oxygens (including phenoxy) is 1. The number of hydrogen-bond acceptors (Lipinski definition) is 4. The molecule has 0 bridgehead atoms. The molecule has 6 heteroatoms. The van der Waals surface area contributed by atoms with Gasteiger partial charge in [0.15, 0.2) is 5.25 Å². The molecule has 0 aromatic heterocycles. The molecule has 1 N–H and O–H groups in total. The van der Waals surface area contributed by atoms with Gasteiger partial charge in [0.2, 0.25) is 6.29 Å². The van der Waals surface area contributed by atoms with E-state index in [9.17, 15) is 13.2 Å². The second kappa shape index (κ2) is 4.41.